The summed E-state index contributed by atoms with van der Waals surface area (Å²) in [6.07, 6.45) is 0. The highest BCUT2D eigenvalue weighted by atomic mass is 32.1. The molecular weight excluding hydrogens is 285 g/mol. The van der Waals surface area contributed by atoms with E-state index in [2.05, 4.69) is 5.32 Å². The van der Waals surface area contributed by atoms with Crippen LogP contribution in [0, 0.1) is 5.82 Å². The van der Waals surface area contributed by atoms with Gasteiger partial charge in [-0.1, -0.05) is 6.07 Å². The molecule has 1 heterocycles. The monoisotopic (exact) mass is 297 g/mol. The number of carboxylic acid groups (broad SMARTS) is 1. The summed E-state index contributed by atoms with van der Waals surface area (Å²) in [7, 11) is 0. The lowest BCUT2D eigenvalue weighted by Crippen LogP contribution is -2.27. The lowest BCUT2D eigenvalue weighted by Gasteiger charge is -2.03. The smallest absolute Gasteiger partial charge is 0.329 e. The van der Waals surface area contributed by atoms with Crippen LogP contribution in [0.15, 0.2) is 24.3 Å². The molecule has 2 N–H and O–H groups in total. The van der Waals surface area contributed by atoms with Crippen molar-refractivity contribution >= 4 is 33.3 Å². The van der Waals surface area contributed by atoms with E-state index in [4.69, 9.17) is 9.84 Å². The molecule has 7 heteroatoms. The van der Waals surface area contributed by atoms with Crippen LogP contribution in [0.2, 0.25) is 0 Å². The third-order valence-corrected chi connectivity index (χ3v) is 3.56. The molecule has 0 unspecified atom stereocenters. The average molecular weight is 297 g/mol. The average Bonchev–Trinajstić information content (AvgIpc) is 2.80. The van der Waals surface area contributed by atoms with Crippen LogP contribution >= 0.6 is 11.3 Å². The summed E-state index contributed by atoms with van der Waals surface area (Å²) in [6, 6.07) is 6.03. The number of ether oxygens (including phenoxy) is 1. The van der Waals surface area contributed by atoms with Crippen molar-refractivity contribution in [1.82, 2.24) is 5.32 Å². The minimum atomic E-state index is -1.05. The Morgan fingerprint density at radius 3 is 2.90 bits per heavy atom. The number of hydrogen-bond acceptors (Lipinski definition) is 4. The standard InChI is InChI=1S/C13H12FNO4S/c14-9-2-1-8-5-11(20-10(8)6-9)13(18)15-3-4-19-7-12(16)17/h1-2,5-6H,3-4,7H2,(H,15,18)(H,16,17). The van der Waals surface area contributed by atoms with Gasteiger partial charge in [-0.25, -0.2) is 9.18 Å². The highest BCUT2D eigenvalue weighted by Gasteiger charge is 2.10. The van der Waals surface area contributed by atoms with Gasteiger partial charge >= 0.3 is 5.97 Å². The van der Waals surface area contributed by atoms with Gasteiger partial charge < -0.3 is 15.2 Å². The fourth-order valence-corrected chi connectivity index (χ4v) is 2.60. The number of hydrogen-bond donors (Lipinski definition) is 2. The minimum absolute atomic E-state index is 0.123. The Kier molecular flexibility index (Phi) is 4.65. The van der Waals surface area contributed by atoms with Crippen molar-refractivity contribution in [3.8, 4) is 0 Å². The predicted molar refractivity (Wildman–Crippen MR) is 72.6 cm³/mol. The first-order valence-electron chi connectivity index (χ1n) is 5.83. The topological polar surface area (TPSA) is 75.6 Å². The Balaban J connectivity index is 1.89. The van der Waals surface area contributed by atoms with Gasteiger partial charge in [0.25, 0.3) is 5.91 Å². The molecule has 2 rings (SSSR count). The van der Waals surface area contributed by atoms with Gasteiger partial charge in [0.05, 0.1) is 11.5 Å². The summed E-state index contributed by atoms with van der Waals surface area (Å²) in [4.78, 5) is 22.5. The Bertz CT molecular complexity index is 640. The third kappa shape index (κ3) is 3.75. The van der Waals surface area contributed by atoms with E-state index in [0.717, 1.165) is 5.39 Å². The summed E-state index contributed by atoms with van der Waals surface area (Å²) in [5.41, 5.74) is 0. The Morgan fingerprint density at radius 2 is 2.15 bits per heavy atom. The van der Waals surface area contributed by atoms with Gasteiger partial charge in [-0.15, -0.1) is 11.3 Å². The SMILES string of the molecule is O=C(O)COCCNC(=O)c1cc2ccc(F)cc2s1. The number of carboxylic acids is 1. The summed E-state index contributed by atoms with van der Waals surface area (Å²) in [5.74, 6) is -1.68. The number of carbonyl (C=O) groups excluding carboxylic acids is 1. The predicted octanol–water partition coefficient (Wildman–Crippen LogP) is 1.87. The molecule has 0 saturated heterocycles. The first-order chi connectivity index (χ1) is 9.56. The first kappa shape index (κ1) is 14.4. The van der Waals surface area contributed by atoms with Gasteiger partial charge in [0.2, 0.25) is 0 Å². The van der Waals surface area contributed by atoms with Gasteiger partial charge in [-0.05, 0) is 23.6 Å². The third-order valence-electron chi connectivity index (χ3n) is 2.46. The number of fused-ring (bicyclic) bond motifs is 1. The van der Waals surface area contributed by atoms with Crippen molar-refractivity contribution in [1.29, 1.82) is 0 Å². The van der Waals surface area contributed by atoms with Crippen molar-refractivity contribution < 1.29 is 23.8 Å². The molecule has 1 aromatic carbocycles. The lowest BCUT2D eigenvalue weighted by molar-refractivity contribution is -0.142. The van der Waals surface area contributed by atoms with Crippen molar-refractivity contribution in [2.75, 3.05) is 19.8 Å². The normalized spacial score (nSPS) is 10.7. The molecule has 1 aromatic heterocycles. The summed E-state index contributed by atoms with van der Waals surface area (Å²) < 4.78 is 18.5. The van der Waals surface area contributed by atoms with Crippen molar-refractivity contribution in [3.63, 3.8) is 0 Å². The summed E-state index contributed by atoms with van der Waals surface area (Å²) in [5, 5.41) is 11.8. The van der Waals surface area contributed by atoms with Crippen LogP contribution in [0.4, 0.5) is 4.39 Å². The Morgan fingerprint density at radius 1 is 1.35 bits per heavy atom. The highest BCUT2D eigenvalue weighted by molar-refractivity contribution is 7.20. The molecule has 0 aliphatic carbocycles. The Hall–Kier alpha value is -1.99. The second-order valence-electron chi connectivity index (χ2n) is 4.00. The molecule has 0 radical (unpaired) electrons. The molecule has 106 valence electrons. The van der Waals surface area contributed by atoms with E-state index in [1.54, 1.807) is 12.1 Å². The van der Waals surface area contributed by atoms with Crippen molar-refractivity contribution in [2.24, 2.45) is 0 Å². The molecule has 0 aliphatic heterocycles. The van der Waals surface area contributed by atoms with Crippen LogP contribution < -0.4 is 5.32 Å². The van der Waals surface area contributed by atoms with E-state index in [9.17, 15) is 14.0 Å². The highest BCUT2D eigenvalue weighted by Crippen LogP contribution is 2.26. The maximum Gasteiger partial charge on any atom is 0.329 e. The number of carbonyl (C=O) groups is 2. The number of nitrogens with one attached hydrogen (secondary N) is 1. The fraction of sp³-hybridized carbons (Fsp3) is 0.231. The van der Waals surface area contributed by atoms with Crippen LogP contribution in [-0.4, -0.2) is 36.7 Å². The van der Waals surface area contributed by atoms with E-state index < -0.39 is 12.6 Å². The van der Waals surface area contributed by atoms with Crippen LogP contribution in [0.1, 0.15) is 9.67 Å². The molecular formula is C13H12FNO4S. The molecule has 5 nitrogen and oxygen atoms in total. The van der Waals surface area contributed by atoms with Gasteiger partial charge in [-0.3, -0.25) is 4.79 Å². The van der Waals surface area contributed by atoms with Crippen LogP contribution in [0.3, 0.4) is 0 Å². The zero-order valence-corrected chi connectivity index (χ0v) is 11.2. The summed E-state index contributed by atoms with van der Waals surface area (Å²) >= 11 is 1.20. The number of rotatable bonds is 6. The molecule has 20 heavy (non-hydrogen) atoms. The second kappa shape index (κ2) is 6.44. The largest absolute Gasteiger partial charge is 0.480 e. The number of amides is 1. The molecule has 0 spiro atoms. The van der Waals surface area contributed by atoms with E-state index in [1.165, 1.54) is 23.5 Å². The van der Waals surface area contributed by atoms with Crippen LogP contribution in [-0.2, 0) is 9.53 Å². The molecule has 0 aliphatic rings. The van der Waals surface area contributed by atoms with E-state index >= 15 is 0 Å². The molecule has 2 aromatic rings. The number of thiophene rings is 1. The molecule has 0 atom stereocenters. The first-order valence-corrected chi connectivity index (χ1v) is 6.65. The minimum Gasteiger partial charge on any atom is -0.480 e. The van der Waals surface area contributed by atoms with E-state index in [0.29, 0.717) is 9.58 Å². The quantitative estimate of drug-likeness (QED) is 0.798. The number of aliphatic carboxylic acids is 1. The molecule has 1 amide bonds. The van der Waals surface area contributed by atoms with Crippen molar-refractivity contribution in [2.45, 2.75) is 0 Å². The zero-order valence-electron chi connectivity index (χ0n) is 10.4. The van der Waals surface area contributed by atoms with Crippen LogP contribution in [0.5, 0.6) is 0 Å². The van der Waals surface area contributed by atoms with Gasteiger partial charge in [-0.2, -0.15) is 0 Å². The fourth-order valence-electron chi connectivity index (χ4n) is 1.60. The maximum absolute atomic E-state index is 13.0. The second-order valence-corrected chi connectivity index (χ2v) is 5.08. The van der Waals surface area contributed by atoms with Gasteiger partial charge in [0, 0.05) is 11.2 Å². The molecule has 0 saturated carbocycles. The van der Waals surface area contributed by atoms with Crippen molar-refractivity contribution in [3.05, 3.63) is 35.0 Å². The lowest BCUT2D eigenvalue weighted by atomic mass is 10.2. The number of halogens is 1. The van der Waals surface area contributed by atoms with E-state index in [1.807, 2.05) is 0 Å². The Labute approximate surface area is 118 Å². The number of benzene rings is 1. The van der Waals surface area contributed by atoms with Crippen LogP contribution in [0.25, 0.3) is 10.1 Å². The molecule has 0 fully saturated rings. The zero-order chi connectivity index (χ0) is 14.5. The maximum atomic E-state index is 13.0. The van der Waals surface area contributed by atoms with Gasteiger partial charge in [0.1, 0.15) is 12.4 Å². The summed E-state index contributed by atoms with van der Waals surface area (Å²) in [6.45, 7) is -0.0513. The molecule has 0 bridgehead atoms. The van der Waals surface area contributed by atoms with E-state index in [-0.39, 0.29) is 24.9 Å². The van der Waals surface area contributed by atoms with Gasteiger partial charge in [0.15, 0.2) is 0 Å².